The van der Waals surface area contributed by atoms with Crippen LogP contribution < -0.4 is 4.74 Å². The first-order chi connectivity index (χ1) is 10.0. The average Bonchev–Trinajstić information content (AvgIpc) is 2.45. The summed E-state index contributed by atoms with van der Waals surface area (Å²) in [6, 6.07) is 9.52. The number of methoxy groups -OCH3 is 1. The van der Waals surface area contributed by atoms with E-state index >= 15 is 0 Å². The van der Waals surface area contributed by atoms with Crippen molar-refractivity contribution in [3.8, 4) is 5.75 Å². The molecule has 2 aromatic carbocycles. The molecule has 0 aliphatic heterocycles. The van der Waals surface area contributed by atoms with Crippen LogP contribution in [0.1, 0.15) is 17.0 Å². The van der Waals surface area contributed by atoms with Gasteiger partial charge in [0.05, 0.1) is 13.0 Å². The Morgan fingerprint density at radius 3 is 2.57 bits per heavy atom. The van der Waals surface area contributed by atoms with Crippen LogP contribution >= 0.6 is 0 Å². The van der Waals surface area contributed by atoms with Gasteiger partial charge >= 0.3 is 5.97 Å². The number of ether oxygens (including phenoxy) is 1. The van der Waals surface area contributed by atoms with E-state index in [1.165, 1.54) is 43.5 Å². The van der Waals surface area contributed by atoms with Crippen molar-refractivity contribution < 1.29 is 23.4 Å². The first kappa shape index (κ1) is 15.0. The lowest BCUT2D eigenvalue weighted by atomic mass is 9.91. The second kappa shape index (κ2) is 6.35. The lowest BCUT2D eigenvalue weighted by Crippen LogP contribution is -2.16. The maximum absolute atomic E-state index is 13.8. The molecule has 0 amide bonds. The standard InChI is InChI=1S/C16H14F2O3/c1-21-15-7-6-11(17)8-10(15)9-13(16(19)20)12-4-2-3-5-14(12)18/h2-8,13H,9H2,1H3,(H,19,20). The molecule has 0 spiro atoms. The Labute approximate surface area is 120 Å². The quantitative estimate of drug-likeness (QED) is 0.919. The highest BCUT2D eigenvalue weighted by atomic mass is 19.1. The van der Waals surface area contributed by atoms with Crippen molar-refractivity contribution in [3.63, 3.8) is 0 Å². The Hall–Kier alpha value is -2.43. The molecule has 0 fully saturated rings. The van der Waals surface area contributed by atoms with Crippen LogP contribution in [0.5, 0.6) is 5.75 Å². The van der Waals surface area contributed by atoms with Crippen LogP contribution in [0.3, 0.4) is 0 Å². The number of carbonyl (C=O) groups is 1. The van der Waals surface area contributed by atoms with Gasteiger partial charge in [-0.05, 0) is 36.2 Å². The minimum absolute atomic E-state index is 0.0583. The Kier molecular flexibility index (Phi) is 4.52. The van der Waals surface area contributed by atoms with Crippen molar-refractivity contribution in [2.24, 2.45) is 0 Å². The molecule has 1 N–H and O–H groups in total. The molecule has 1 unspecified atom stereocenters. The summed E-state index contributed by atoms with van der Waals surface area (Å²) in [5.74, 6) is -3.00. The van der Waals surface area contributed by atoms with Crippen molar-refractivity contribution in [3.05, 3.63) is 65.2 Å². The fourth-order valence-electron chi connectivity index (χ4n) is 2.21. The molecule has 0 aliphatic carbocycles. The highest BCUT2D eigenvalue weighted by Gasteiger charge is 2.24. The van der Waals surface area contributed by atoms with Gasteiger partial charge in [-0.15, -0.1) is 0 Å². The van der Waals surface area contributed by atoms with E-state index in [1.54, 1.807) is 6.07 Å². The number of carboxylic acid groups (broad SMARTS) is 1. The molecule has 5 heteroatoms. The normalized spacial score (nSPS) is 12.0. The smallest absolute Gasteiger partial charge is 0.311 e. The van der Waals surface area contributed by atoms with E-state index in [1.807, 2.05) is 0 Å². The fourth-order valence-corrected chi connectivity index (χ4v) is 2.21. The second-order valence-electron chi connectivity index (χ2n) is 4.57. The van der Waals surface area contributed by atoms with Crippen LogP contribution in [0.4, 0.5) is 8.78 Å². The molecule has 3 nitrogen and oxygen atoms in total. The van der Waals surface area contributed by atoms with Crippen molar-refractivity contribution in [1.29, 1.82) is 0 Å². The summed E-state index contributed by atoms with van der Waals surface area (Å²) in [7, 11) is 1.41. The molecule has 0 saturated carbocycles. The Morgan fingerprint density at radius 2 is 1.95 bits per heavy atom. The zero-order valence-corrected chi connectivity index (χ0v) is 11.3. The van der Waals surface area contributed by atoms with Gasteiger partial charge in [0.1, 0.15) is 17.4 Å². The fraction of sp³-hybridized carbons (Fsp3) is 0.188. The van der Waals surface area contributed by atoms with Crippen LogP contribution in [0, 0.1) is 11.6 Å². The lowest BCUT2D eigenvalue weighted by Gasteiger charge is -2.16. The lowest BCUT2D eigenvalue weighted by molar-refractivity contribution is -0.138. The first-order valence-electron chi connectivity index (χ1n) is 6.32. The van der Waals surface area contributed by atoms with Gasteiger partial charge in [-0.25, -0.2) is 8.78 Å². The topological polar surface area (TPSA) is 46.5 Å². The number of hydrogen-bond acceptors (Lipinski definition) is 2. The van der Waals surface area contributed by atoms with Crippen molar-refractivity contribution >= 4 is 5.97 Å². The molecule has 0 aromatic heterocycles. The molecule has 0 saturated heterocycles. The molecule has 0 bridgehead atoms. The zero-order chi connectivity index (χ0) is 15.4. The van der Waals surface area contributed by atoms with E-state index in [0.29, 0.717) is 11.3 Å². The molecule has 21 heavy (non-hydrogen) atoms. The number of carboxylic acids is 1. The summed E-state index contributed by atoms with van der Waals surface area (Å²) in [5.41, 5.74) is 0.449. The maximum Gasteiger partial charge on any atom is 0.311 e. The predicted octanol–water partition coefficient (Wildman–Crippen LogP) is 3.38. The minimum atomic E-state index is -1.17. The molecule has 110 valence electrons. The third kappa shape index (κ3) is 3.37. The SMILES string of the molecule is COc1ccc(F)cc1CC(C(=O)O)c1ccccc1F. The number of rotatable bonds is 5. The van der Waals surface area contributed by atoms with Gasteiger partial charge in [-0.2, -0.15) is 0 Å². The zero-order valence-electron chi connectivity index (χ0n) is 11.3. The Balaban J connectivity index is 2.40. The Bertz CT molecular complexity index is 656. The molecule has 1 atom stereocenters. The van der Waals surface area contributed by atoms with Crippen molar-refractivity contribution in [1.82, 2.24) is 0 Å². The van der Waals surface area contributed by atoms with Gasteiger partial charge in [-0.3, -0.25) is 4.79 Å². The summed E-state index contributed by atoms with van der Waals surface area (Å²) in [6.45, 7) is 0. The third-order valence-corrected chi connectivity index (χ3v) is 3.25. The largest absolute Gasteiger partial charge is 0.496 e. The maximum atomic E-state index is 13.8. The minimum Gasteiger partial charge on any atom is -0.496 e. The highest BCUT2D eigenvalue weighted by molar-refractivity contribution is 5.76. The number of hydrogen-bond donors (Lipinski definition) is 1. The van der Waals surface area contributed by atoms with Gasteiger partial charge in [0.15, 0.2) is 0 Å². The summed E-state index contributed by atoms with van der Waals surface area (Å²) in [5, 5.41) is 9.34. The molecule has 0 radical (unpaired) electrons. The van der Waals surface area contributed by atoms with Crippen LogP contribution in [0.15, 0.2) is 42.5 Å². The van der Waals surface area contributed by atoms with Crippen molar-refractivity contribution in [2.75, 3.05) is 7.11 Å². The Morgan fingerprint density at radius 1 is 1.24 bits per heavy atom. The second-order valence-corrected chi connectivity index (χ2v) is 4.57. The number of halogens is 2. The summed E-state index contributed by atoms with van der Waals surface area (Å²) in [4.78, 5) is 11.4. The highest BCUT2D eigenvalue weighted by Crippen LogP contribution is 2.28. The average molecular weight is 292 g/mol. The van der Waals surface area contributed by atoms with Crippen LogP contribution in [-0.2, 0) is 11.2 Å². The van der Waals surface area contributed by atoms with Gasteiger partial charge in [0.25, 0.3) is 0 Å². The van der Waals surface area contributed by atoms with Crippen molar-refractivity contribution in [2.45, 2.75) is 12.3 Å². The van der Waals surface area contributed by atoms with E-state index in [0.717, 1.165) is 0 Å². The van der Waals surface area contributed by atoms with E-state index in [9.17, 15) is 18.7 Å². The van der Waals surface area contributed by atoms with Gasteiger partial charge in [-0.1, -0.05) is 18.2 Å². The molecule has 2 rings (SSSR count). The third-order valence-electron chi connectivity index (χ3n) is 3.25. The van der Waals surface area contributed by atoms with Crippen LogP contribution in [0.2, 0.25) is 0 Å². The van der Waals surface area contributed by atoms with E-state index < -0.39 is 23.5 Å². The molecular formula is C16H14F2O3. The van der Waals surface area contributed by atoms with Crippen LogP contribution in [0.25, 0.3) is 0 Å². The molecular weight excluding hydrogens is 278 g/mol. The molecule has 0 aliphatic rings. The monoisotopic (exact) mass is 292 g/mol. The van der Waals surface area contributed by atoms with Crippen LogP contribution in [-0.4, -0.2) is 18.2 Å². The van der Waals surface area contributed by atoms with E-state index in [4.69, 9.17) is 4.74 Å². The van der Waals surface area contributed by atoms with Gasteiger partial charge in [0, 0.05) is 5.56 Å². The predicted molar refractivity (Wildman–Crippen MR) is 73.4 cm³/mol. The molecule has 0 heterocycles. The van der Waals surface area contributed by atoms with Gasteiger partial charge in [0.2, 0.25) is 0 Å². The number of aliphatic carboxylic acids is 1. The van der Waals surface area contributed by atoms with Gasteiger partial charge < -0.3 is 9.84 Å². The van der Waals surface area contributed by atoms with E-state index in [-0.39, 0.29) is 12.0 Å². The first-order valence-corrected chi connectivity index (χ1v) is 6.32. The summed E-state index contributed by atoms with van der Waals surface area (Å²) >= 11 is 0. The van der Waals surface area contributed by atoms with E-state index in [2.05, 4.69) is 0 Å². The molecule has 2 aromatic rings. The summed E-state index contributed by atoms with van der Waals surface area (Å²) in [6.07, 6.45) is -0.0583. The summed E-state index contributed by atoms with van der Waals surface area (Å²) < 4.78 is 32.2. The number of benzene rings is 2.